The third-order valence-electron chi connectivity index (χ3n) is 3.89. The SMILES string of the molecule is CNC(=O)COC(=O)[C@H](C)N1C(=O)[C@H]2CC=CC[C@H]2C1=O. The maximum absolute atomic E-state index is 12.3. The summed E-state index contributed by atoms with van der Waals surface area (Å²) < 4.78 is 4.81. The van der Waals surface area contributed by atoms with E-state index in [-0.39, 0.29) is 23.7 Å². The molecule has 7 nitrogen and oxygen atoms in total. The quantitative estimate of drug-likeness (QED) is 0.433. The molecule has 1 N–H and O–H groups in total. The van der Waals surface area contributed by atoms with Crippen LogP contribution in [0.2, 0.25) is 0 Å². The van der Waals surface area contributed by atoms with Crippen LogP contribution in [0.25, 0.3) is 0 Å². The highest BCUT2D eigenvalue weighted by Crippen LogP contribution is 2.36. The van der Waals surface area contributed by atoms with Crippen molar-refractivity contribution in [1.29, 1.82) is 0 Å². The normalized spacial score (nSPS) is 25.5. The second kappa shape index (κ2) is 6.07. The monoisotopic (exact) mass is 294 g/mol. The van der Waals surface area contributed by atoms with Crippen molar-refractivity contribution in [2.24, 2.45) is 11.8 Å². The number of carbonyl (C=O) groups is 4. The average Bonchev–Trinajstić information content (AvgIpc) is 2.76. The Morgan fingerprint density at radius 1 is 1.29 bits per heavy atom. The van der Waals surface area contributed by atoms with Crippen LogP contribution in [0, 0.1) is 11.8 Å². The van der Waals surface area contributed by atoms with Crippen molar-refractivity contribution in [3.05, 3.63) is 12.2 Å². The van der Waals surface area contributed by atoms with Gasteiger partial charge in [0.1, 0.15) is 6.04 Å². The largest absolute Gasteiger partial charge is 0.454 e. The Hall–Kier alpha value is -2.18. The van der Waals surface area contributed by atoms with Gasteiger partial charge >= 0.3 is 5.97 Å². The maximum Gasteiger partial charge on any atom is 0.329 e. The Bertz CT molecular complexity index is 487. The summed E-state index contributed by atoms with van der Waals surface area (Å²) in [5.74, 6) is -2.63. The van der Waals surface area contributed by atoms with E-state index in [0.29, 0.717) is 12.8 Å². The van der Waals surface area contributed by atoms with E-state index in [1.807, 2.05) is 12.2 Å². The van der Waals surface area contributed by atoms with Crippen LogP contribution in [0.4, 0.5) is 0 Å². The van der Waals surface area contributed by atoms with E-state index in [9.17, 15) is 19.2 Å². The first-order valence-corrected chi connectivity index (χ1v) is 6.86. The van der Waals surface area contributed by atoms with E-state index in [2.05, 4.69) is 5.32 Å². The molecular formula is C14H18N2O5. The summed E-state index contributed by atoms with van der Waals surface area (Å²) >= 11 is 0. The van der Waals surface area contributed by atoms with E-state index in [1.54, 1.807) is 0 Å². The number of nitrogens with zero attached hydrogens (tertiary/aromatic N) is 1. The first kappa shape index (κ1) is 15.2. The highest BCUT2D eigenvalue weighted by atomic mass is 16.5. The molecule has 1 aliphatic heterocycles. The number of likely N-dealkylation sites (tertiary alicyclic amines) is 1. The summed E-state index contributed by atoms with van der Waals surface area (Å²) in [4.78, 5) is 48.5. The lowest BCUT2D eigenvalue weighted by Crippen LogP contribution is -2.45. The van der Waals surface area contributed by atoms with Crippen LogP contribution >= 0.6 is 0 Å². The average molecular weight is 294 g/mol. The lowest BCUT2D eigenvalue weighted by atomic mass is 9.85. The molecule has 1 saturated heterocycles. The molecule has 21 heavy (non-hydrogen) atoms. The number of imide groups is 1. The number of fused-ring (bicyclic) bond motifs is 1. The minimum Gasteiger partial charge on any atom is -0.454 e. The minimum absolute atomic E-state index is 0.334. The molecule has 1 aliphatic carbocycles. The van der Waals surface area contributed by atoms with Gasteiger partial charge in [0, 0.05) is 7.05 Å². The zero-order chi connectivity index (χ0) is 15.6. The molecule has 0 unspecified atom stereocenters. The van der Waals surface area contributed by atoms with Crippen molar-refractivity contribution in [2.75, 3.05) is 13.7 Å². The molecule has 0 spiro atoms. The van der Waals surface area contributed by atoms with Crippen LogP contribution in [0.3, 0.4) is 0 Å². The van der Waals surface area contributed by atoms with Gasteiger partial charge in [0.15, 0.2) is 6.61 Å². The van der Waals surface area contributed by atoms with Gasteiger partial charge in [-0.1, -0.05) is 12.2 Å². The molecule has 1 fully saturated rings. The van der Waals surface area contributed by atoms with Gasteiger partial charge in [0.2, 0.25) is 11.8 Å². The molecule has 3 atom stereocenters. The number of amides is 3. The maximum atomic E-state index is 12.3. The fourth-order valence-corrected chi connectivity index (χ4v) is 2.64. The van der Waals surface area contributed by atoms with Crippen LogP contribution in [-0.2, 0) is 23.9 Å². The summed E-state index contributed by atoms with van der Waals surface area (Å²) in [6.07, 6.45) is 4.80. The summed E-state index contributed by atoms with van der Waals surface area (Å²) in [5, 5.41) is 2.32. The van der Waals surface area contributed by atoms with E-state index >= 15 is 0 Å². The molecule has 2 aliphatic rings. The van der Waals surface area contributed by atoms with Crippen LogP contribution in [-0.4, -0.2) is 48.3 Å². The standard InChI is InChI=1S/C14H18N2O5/c1-8(14(20)21-7-11(17)15-2)16-12(18)9-5-3-4-6-10(9)13(16)19/h3-4,8-10H,5-7H2,1-2H3,(H,15,17)/t8-,9-,10+/m0/s1. The number of likely N-dealkylation sites (N-methyl/N-ethyl adjacent to an activating group) is 1. The predicted octanol–water partition coefficient (Wildman–Crippen LogP) is -0.385. The summed E-state index contributed by atoms with van der Waals surface area (Å²) in [6, 6.07) is -1.01. The second-order valence-corrected chi connectivity index (χ2v) is 5.16. The van der Waals surface area contributed by atoms with Crippen LogP contribution in [0.15, 0.2) is 12.2 Å². The Labute approximate surface area is 122 Å². The molecule has 0 saturated carbocycles. The molecule has 1 heterocycles. The Kier molecular flexibility index (Phi) is 4.40. The van der Waals surface area contributed by atoms with E-state index in [0.717, 1.165) is 4.90 Å². The van der Waals surface area contributed by atoms with Crippen molar-refractivity contribution < 1.29 is 23.9 Å². The highest BCUT2D eigenvalue weighted by Gasteiger charge is 2.50. The van der Waals surface area contributed by atoms with Gasteiger partial charge in [0.05, 0.1) is 11.8 Å². The van der Waals surface area contributed by atoms with E-state index in [1.165, 1.54) is 14.0 Å². The highest BCUT2D eigenvalue weighted by molar-refractivity contribution is 6.08. The summed E-state index contributed by atoms with van der Waals surface area (Å²) in [5.41, 5.74) is 0. The Morgan fingerprint density at radius 3 is 2.29 bits per heavy atom. The number of hydrogen-bond donors (Lipinski definition) is 1. The van der Waals surface area contributed by atoms with Gasteiger partial charge in [-0.25, -0.2) is 4.79 Å². The molecule has 0 bridgehead atoms. The zero-order valence-corrected chi connectivity index (χ0v) is 12.0. The van der Waals surface area contributed by atoms with Gasteiger partial charge in [-0.2, -0.15) is 0 Å². The van der Waals surface area contributed by atoms with E-state index in [4.69, 9.17) is 4.74 Å². The Morgan fingerprint density at radius 2 is 1.81 bits per heavy atom. The number of esters is 1. The van der Waals surface area contributed by atoms with Gasteiger partial charge < -0.3 is 10.1 Å². The lowest BCUT2D eigenvalue weighted by molar-refractivity contribution is -0.159. The van der Waals surface area contributed by atoms with Crippen LogP contribution < -0.4 is 5.32 Å². The molecule has 0 aromatic heterocycles. The number of hydrogen-bond acceptors (Lipinski definition) is 5. The molecule has 3 amide bonds. The van der Waals surface area contributed by atoms with Crippen molar-refractivity contribution in [2.45, 2.75) is 25.8 Å². The number of carbonyl (C=O) groups excluding carboxylic acids is 4. The molecule has 0 aromatic carbocycles. The van der Waals surface area contributed by atoms with Crippen molar-refractivity contribution in [3.63, 3.8) is 0 Å². The Balaban J connectivity index is 2.04. The molecule has 114 valence electrons. The number of nitrogens with one attached hydrogen (secondary N) is 1. The van der Waals surface area contributed by atoms with Gasteiger partial charge in [0.25, 0.3) is 5.91 Å². The molecule has 0 aromatic rings. The summed E-state index contributed by atoms with van der Waals surface area (Å²) in [6.45, 7) is 1.01. The molecule has 2 rings (SSSR count). The number of rotatable bonds is 4. The molecule has 0 radical (unpaired) electrons. The summed E-state index contributed by atoms with van der Waals surface area (Å²) in [7, 11) is 1.42. The van der Waals surface area contributed by atoms with Crippen LogP contribution in [0.5, 0.6) is 0 Å². The predicted molar refractivity (Wildman–Crippen MR) is 71.7 cm³/mol. The molecular weight excluding hydrogens is 276 g/mol. The first-order valence-electron chi connectivity index (χ1n) is 6.86. The lowest BCUT2D eigenvalue weighted by Gasteiger charge is -2.21. The van der Waals surface area contributed by atoms with Gasteiger partial charge in [-0.15, -0.1) is 0 Å². The first-order chi connectivity index (χ1) is 9.97. The zero-order valence-electron chi connectivity index (χ0n) is 12.0. The second-order valence-electron chi connectivity index (χ2n) is 5.16. The van der Waals surface area contributed by atoms with E-state index < -0.39 is 24.5 Å². The smallest absolute Gasteiger partial charge is 0.329 e. The van der Waals surface area contributed by atoms with Crippen molar-refractivity contribution >= 4 is 23.7 Å². The fraction of sp³-hybridized carbons (Fsp3) is 0.571. The van der Waals surface area contributed by atoms with Gasteiger partial charge in [-0.3, -0.25) is 19.3 Å². The number of ether oxygens (including phenoxy) is 1. The van der Waals surface area contributed by atoms with Crippen molar-refractivity contribution in [3.8, 4) is 0 Å². The topological polar surface area (TPSA) is 92.8 Å². The number of allylic oxidation sites excluding steroid dienone is 2. The minimum atomic E-state index is -1.01. The van der Waals surface area contributed by atoms with Crippen LogP contribution in [0.1, 0.15) is 19.8 Å². The fourth-order valence-electron chi connectivity index (χ4n) is 2.64. The van der Waals surface area contributed by atoms with Gasteiger partial charge in [-0.05, 0) is 19.8 Å². The van der Waals surface area contributed by atoms with Crippen molar-refractivity contribution in [1.82, 2.24) is 10.2 Å². The third kappa shape index (κ3) is 2.81. The third-order valence-corrected chi connectivity index (χ3v) is 3.89. The molecule has 7 heteroatoms.